The van der Waals surface area contributed by atoms with Crippen LogP contribution < -0.4 is 11.1 Å². The van der Waals surface area contributed by atoms with Crippen LogP contribution in [-0.4, -0.2) is 32.1 Å². The average Bonchev–Trinajstić information content (AvgIpc) is 2.10. The van der Waals surface area contributed by atoms with Gasteiger partial charge < -0.3 is 16.0 Å². The summed E-state index contributed by atoms with van der Waals surface area (Å²) in [4.78, 5) is 2.21. The first-order valence-electron chi connectivity index (χ1n) is 5.14. The van der Waals surface area contributed by atoms with Crippen LogP contribution in [0.15, 0.2) is 23.0 Å². The minimum Gasteiger partial charge on any atom is -0.397 e. The Morgan fingerprint density at radius 3 is 2.79 bits per heavy atom. The van der Waals surface area contributed by atoms with Gasteiger partial charge in [-0.25, -0.2) is 0 Å². The Bertz CT molecular complexity index is 251. The van der Waals surface area contributed by atoms with E-state index in [4.69, 9.17) is 5.73 Å². The largest absolute Gasteiger partial charge is 0.397 e. The summed E-state index contributed by atoms with van der Waals surface area (Å²) in [6.45, 7) is 4.11. The molecule has 1 heterocycles. The van der Waals surface area contributed by atoms with Gasteiger partial charge in [-0.3, -0.25) is 0 Å². The number of nitrogens with one attached hydrogen (secondary N) is 1. The first-order chi connectivity index (χ1) is 6.59. The van der Waals surface area contributed by atoms with E-state index in [1.807, 2.05) is 6.92 Å². The van der Waals surface area contributed by atoms with Crippen LogP contribution in [0.4, 0.5) is 0 Å². The van der Waals surface area contributed by atoms with Crippen molar-refractivity contribution in [2.45, 2.75) is 19.8 Å². The Morgan fingerprint density at radius 1 is 1.50 bits per heavy atom. The van der Waals surface area contributed by atoms with E-state index in [-0.39, 0.29) is 0 Å². The van der Waals surface area contributed by atoms with Gasteiger partial charge >= 0.3 is 0 Å². The molecule has 3 heteroatoms. The van der Waals surface area contributed by atoms with Gasteiger partial charge in [-0.1, -0.05) is 0 Å². The van der Waals surface area contributed by atoms with Crippen LogP contribution in [-0.2, 0) is 0 Å². The van der Waals surface area contributed by atoms with Crippen molar-refractivity contribution in [1.82, 2.24) is 10.2 Å². The molecule has 3 nitrogen and oxygen atoms in total. The minimum absolute atomic E-state index is 0.885. The molecule has 0 fully saturated rings. The van der Waals surface area contributed by atoms with Crippen LogP contribution >= 0.6 is 0 Å². The molecule has 1 aliphatic rings. The highest BCUT2D eigenvalue weighted by Gasteiger charge is 2.06. The molecule has 3 N–H and O–H groups in total. The summed E-state index contributed by atoms with van der Waals surface area (Å²) in [5, 5.41) is 3.29. The van der Waals surface area contributed by atoms with Gasteiger partial charge in [0.25, 0.3) is 0 Å². The normalized spacial score (nSPS) is 17.0. The molecule has 0 aromatic heterocycles. The molecule has 14 heavy (non-hydrogen) atoms. The Morgan fingerprint density at radius 2 is 2.21 bits per heavy atom. The molecule has 0 radical (unpaired) electrons. The third kappa shape index (κ3) is 3.42. The molecule has 1 aliphatic heterocycles. The Labute approximate surface area is 86.7 Å². The molecule has 0 bridgehead atoms. The molecular weight excluding hydrogens is 174 g/mol. The lowest BCUT2D eigenvalue weighted by Gasteiger charge is -2.18. The summed E-state index contributed by atoms with van der Waals surface area (Å²) in [5.74, 6) is 0. The molecule has 0 amide bonds. The van der Waals surface area contributed by atoms with Crippen molar-refractivity contribution in [1.29, 1.82) is 0 Å². The maximum absolute atomic E-state index is 5.83. The van der Waals surface area contributed by atoms with Crippen molar-refractivity contribution in [3.63, 3.8) is 0 Å². The number of hydrogen-bond donors (Lipinski definition) is 2. The quantitative estimate of drug-likeness (QED) is 0.704. The van der Waals surface area contributed by atoms with E-state index in [9.17, 15) is 0 Å². The van der Waals surface area contributed by atoms with E-state index in [1.54, 1.807) is 0 Å². The highest BCUT2D eigenvalue weighted by Crippen LogP contribution is 2.12. The van der Waals surface area contributed by atoms with E-state index >= 15 is 0 Å². The minimum atomic E-state index is 0.885. The molecule has 80 valence electrons. The van der Waals surface area contributed by atoms with Gasteiger partial charge in [-0.2, -0.15) is 0 Å². The molecule has 0 saturated heterocycles. The van der Waals surface area contributed by atoms with Gasteiger partial charge in [-0.05, 0) is 52.1 Å². The predicted octanol–water partition coefficient (Wildman–Crippen LogP) is 1.05. The van der Waals surface area contributed by atoms with E-state index in [0.29, 0.717) is 0 Å². The average molecular weight is 195 g/mol. The van der Waals surface area contributed by atoms with Crippen LogP contribution in [0.25, 0.3) is 0 Å². The number of dihydropyridines is 1. The number of nitrogens with zero attached hydrogens (tertiary/aromatic N) is 1. The van der Waals surface area contributed by atoms with Crippen molar-refractivity contribution >= 4 is 0 Å². The fraction of sp³-hybridized carbons (Fsp3) is 0.636. The highest BCUT2D eigenvalue weighted by molar-refractivity contribution is 5.30. The second-order valence-electron chi connectivity index (χ2n) is 4.14. The zero-order valence-corrected chi connectivity index (χ0v) is 9.43. The Balaban J connectivity index is 2.36. The van der Waals surface area contributed by atoms with E-state index < -0.39 is 0 Å². The summed E-state index contributed by atoms with van der Waals surface area (Å²) in [6, 6.07) is 0. The maximum Gasteiger partial charge on any atom is 0.0504 e. The summed E-state index contributed by atoms with van der Waals surface area (Å²) in [7, 11) is 4.21. The summed E-state index contributed by atoms with van der Waals surface area (Å²) < 4.78 is 0. The lowest BCUT2D eigenvalue weighted by Crippen LogP contribution is -2.23. The smallest absolute Gasteiger partial charge is 0.0504 e. The predicted molar refractivity (Wildman–Crippen MR) is 60.8 cm³/mol. The third-order valence-electron chi connectivity index (χ3n) is 2.48. The van der Waals surface area contributed by atoms with Gasteiger partial charge in [0.15, 0.2) is 0 Å². The van der Waals surface area contributed by atoms with Crippen LogP contribution in [0.3, 0.4) is 0 Å². The zero-order valence-electron chi connectivity index (χ0n) is 9.43. The Hall–Kier alpha value is -0.960. The lowest BCUT2D eigenvalue weighted by atomic mass is 10.1. The molecule has 1 rings (SSSR count). The number of rotatable bonds is 4. The van der Waals surface area contributed by atoms with Crippen LogP contribution in [0.2, 0.25) is 0 Å². The van der Waals surface area contributed by atoms with E-state index in [1.165, 1.54) is 12.0 Å². The first kappa shape index (κ1) is 11.1. The van der Waals surface area contributed by atoms with Gasteiger partial charge in [0.1, 0.15) is 0 Å². The lowest BCUT2D eigenvalue weighted by molar-refractivity contribution is 0.399. The van der Waals surface area contributed by atoms with Gasteiger partial charge in [-0.15, -0.1) is 0 Å². The SMILES string of the molecule is CC1=C(N)C=C(CCCN(C)C)CN1. The molecule has 0 aromatic rings. The van der Waals surface area contributed by atoms with Crippen molar-refractivity contribution in [2.75, 3.05) is 27.2 Å². The van der Waals surface area contributed by atoms with Gasteiger partial charge in [0.05, 0.1) is 5.70 Å². The van der Waals surface area contributed by atoms with Crippen LogP contribution in [0.1, 0.15) is 19.8 Å². The molecule has 0 aliphatic carbocycles. The summed E-state index contributed by atoms with van der Waals surface area (Å²) in [5.41, 5.74) is 9.23. The van der Waals surface area contributed by atoms with Gasteiger partial charge in [0, 0.05) is 12.2 Å². The fourth-order valence-electron chi connectivity index (χ4n) is 1.51. The number of allylic oxidation sites excluding steroid dienone is 2. The maximum atomic E-state index is 5.83. The molecule has 0 unspecified atom stereocenters. The highest BCUT2D eigenvalue weighted by atomic mass is 15.0. The third-order valence-corrected chi connectivity index (χ3v) is 2.48. The Kier molecular flexibility index (Phi) is 4.01. The van der Waals surface area contributed by atoms with Crippen molar-refractivity contribution in [3.05, 3.63) is 23.0 Å². The first-order valence-corrected chi connectivity index (χ1v) is 5.14. The van der Waals surface area contributed by atoms with Crippen molar-refractivity contribution < 1.29 is 0 Å². The number of hydrogen-bond acceptors (Lipinski definition) is 3. The van der Waals surface area contributed by atoms with Crippen LogP contribution in [0.5, 0.6) is 0 Å². The fourth-order valence-corrected chi connectivity index (χ4v) is 1.51. The molecule has 0 spiro atoms. The van der Waals surface area contributed by atoms with Crippen molar-refractivity contribution in [3.8, 4) is 0 Å². The topological polar surface area (TPSA) is 41.3 Å². The molecule has 0 aromatic carbocycles. The van der Waals surface area contributed by atoms with E-state index in [0.717, 1.165) is 30.9 Å². The summed E-state index contributed by atoms with van der Waals surface area (Å²) in [6.07, 6.45) is 4.45. The number of nitrogens with two attached hydrogens (primary N) is 1. The van der Waals surface area contributed by atoms with Crippen molar-refractivity contribution in [2.24, 2.45) is 5.73 Å². The van der Waals surface area contributed by atoms with Crippen LogP contribution in [0, 0.1) is 0 Å². The molecule has 0 saturated carbocycles. The molecule has 0 atom stereocenters. The monoisotopic (exact) mass is 195 g/mol. The van der Waals surface area contributed by atoms with Gasteiger partial charge in [0.2, 0.25) is 0 Å². The standard InChI is InChI=1S/C11H21N3/c1-9-11(12)7-10(8-13-9)5-4-6-14(2)3/h7,13H,4-6,8,12H2,1-3H3. The summed E-state index contributed by atoms with van der Waals surface area (Å²) >= 11 is 0. The second-order valence-corrected chi connectivity index (χ2v) is 4.14. The second kappa shape index (κ2) is 5.05. The molecular formula is C11H21N3. The zero-order chi connectivity index (χ0) is 10.6. The van der Waals surface area contributed by atoms with E-state index in [2.05, 4.69) is 30.4 Å².